The van der Waals surface area contributed by atoms with Gasteiger partial charge < -0.3 is 20.7 Å². The summed E-state index contributed by atoms with van der Waals surface area (Å²) in [4.78, 5) is 42.7. The molecule has 2 fully saturated rings. The lowest BCUT2D eigenvalue weighted by molar-refractivity contribution is -0.140. The number of para-hydroxylation sites is 1. The predicted molar refractivity (Wildman–Crippen MR) is 164 cm³/mol. The van der Waals surface area contributed by atoms with Gasteiger partial charge in [0.2, 0.25) is 17.7 Å². The molecule has 2 saturated heterocycles. The van der Waals surface area contributed by atoms with Crippen molar-refractivity contribution in [1.82, 2.24) is 15.5 Å². The molecule has 3 amide bonds. The monoisotopic (exact) mass is 572 g/mol. The maximum atomic E-state index is 13.8. The second kappa shape index (κ2) is 14.1. The van der Waals surface area contributed by atoms with E-state index in [0.717, 1.165) is 36.1 Å². The maximum absolute atomic E-state index is 13.8. The number of ether oxygens (including phenoxy) is 1. The molecule has 1 spiro atoms. The van der Waals surface area contributed by atoms with Gasteiger partial charge in [0.05, 0.1) is 12.0 Å². The van der Waals surface area contributed by atoms with Crippen molar-refractivity contribution in [2.24, 2.45) is 11.3 Å². The van der Waals surface area contributed by atoms with Crippen molar-refractivity contribution in [2.45, 2.75) is 64.0 Å². The van der Waals surface area contributed by atoms with Gasteiger partial charge in [-0.05, 0) is 61.6 Å². The van der Waals surface area contributed by atoms with Gasteiger partial charge in [-0.2, -0.15) is 0 Å². The maximum Gasteiger partial charge on any atom is 0.243 e. The van der Waals surface area contributed by atoms with Gasteiger partial charge in [0, 0.05) is 44.5 Å². The number of allylic oxidation sites excluding steroid dienone is 2. The molecular weight excluding hydrogens is 528 g/mol. The number of fused-ring (bicyclic) bond motifs is 1. The summed E-state index contributed by atoms with van der Waals surface area (Å²) in [6, 6.07) is 17.1. The molecule has 2 aromatic rings. The van der Waals surface area contributed by atoms with Gasteiger partial charge in [0.1, 0.15) is 6.04 Å². The van der Waals surface area contributed by atoms with E-state index >= 15 is 0 Å². The Kier molecular flexibility index (Phi) is 10.1. The van der Waals surface area contributed by atoms with E-state index < -0.39 is 11.5 Å². The van der Waals surface area contributed by atoms with Crippen molar-refractivity contribution in [3.63, 3.8) is 0 Å². The highest BCUT2D eigenvalue weighted by Gasteiger charge is 2.41. The third kappa shape index (κ3) is 7.47. The van der Waals surface area contributed by atoms with E-state index in [0.29, 0.717) is 58.5 Å². The topological polar surface area (TPSA) is 99.8 Å². The molecule has 0 bridgehead atoms. The number of aryl methyl sites for hydroxylation is 1. The molecule has 3 atom stereocenters. The fourth-order valence-electron chi connectivity index (χ4n) is 6.54. The molecular formula is C34H44N4O4. The van der Waals surface area contributed by atoms with E-state index in [1.165, 1.54) is 0 Å². The van der Waals surface area contributed by atoms with E-state index in [1.54, 1.807) is 0 Å². The Morgan fingerprint density at radius 1 is 1.02 bits per heavy atom. The van der Waals surface area contributed by atoms with Crippen molar-refractivity contribution in [2.75, 3.05) is 38.2 Å². The second-order valence-electron chi connectivity index (χ2n) is 12.0. The number of benzene rings is 2. The standard InChI is InChI=1S/C34H44N4O4/c1-2-26-12-6-7-14-28(26)35-31(39)24-38-19-15-29-27(23-38)13-8-9-16-34(17-20-42-21-18-34)33(41)37-30(32(40)36-29)22-25-10-4-3-5-11-25/h3-12,14,27,29-30H,2,13,15-24H2,1H3,(H,35,39)(H,36,40)(H,37,41)/t27-,29+,30-/m1/s1. The zero-order chi connectivity index (χ0) is 29.4. The summed E-state index contributed by atoms with van der Waals surface area (Å²) in [5.41, 5.74) is 2.42. The number of hydrogen-bond acceptors (Lipinski definition) is 5. The Hall–Kier alpha value is -3.49. The molecule has 0 saturated carbocycles. The first-order valence-corrected chi connectivity index (χ1v) is 15.4. The fourth-order valence-corrected chi connectivity index (χ4v) is 6.54. The zero-order valence-corrected chi connectivity index (χ0v) is 24.6. The van der Waals surface area contributed by atoms with Crippen LogP contribution >= 0.6 is 0 Å². The number of anilines is 1. The van der Waals surface area contributed by atoms with Crippen molar-refractivity contribution in [3.05, 3.63) is 77.9 Å². The molecule has 0 aromatic heterocycles. The molecule has 8 nitrogen and oxygen atoms in total. The average molecular weight is 573 g/mol. The molecule has 42 heavy (non-hydrogen) atoms. The summed E-state index contributed by atoms with van der Waals surface area (Å²) >= 11 is 0. The molecule has 0 aliphatic carbocycles. The minimum absolute atomic E-state index is 0.0193. The quantitative estimate of drug-likeness (QED) is 0.457. The van der Waals surface area contributed by atoms with Gasteiger partial charge in [0.25, 0.3) is 0 Å². The van der Waals surface area contributed by atoms with Gasteiger partial charge in [0.15, 0.2) is 0 Å². The second-order valence-corrected chi connectivity index (χ2v) is 12.0. The average Bonchev–Trinajstić information content (AvgIpc) is 3.00. The normalized spacial score (nSPS) is 24.9. The summed E-state index contributed by atoms with van der Waals surface area (Å²) in [7, 11) is 0. The Bertz CT molecular complexity index is 1260. The predicted octanol–water partition coefficient (Wildman–Crippen LogP) is 3.87. The molecule has 3 aliphatic rings. The number of nitrogens with one attached hydrogen (secondary N) is 3. The van der Waals surface area contributed by atoms with E-state index in [2.05, 4.69) is 39.9 Å². The number of likely N-dealkylation sites (tertiary alicyclic amines) is 1. The first-order chi connectivity index (χ1) is 20.5. The van der Waals surface area contributed by atoms with Gasteiger partial charge in [-0.25, -0.2) is 0 Å². The lowest BCUT2D eigenvalue weighted by Crippen LogP contribution is -2.58. The summed E-state index contributed by atoms with van der Waals surface area (Å²) in [6.45, 7) is 4.91. The lowest BCUT2D eigenvalue weighted by atomic mass is 9.75. The van der Waals surface area contributed by atoms with Crippen molar-refractivity contribution >= 4 is 23.4 Å². The third-order valence-electron chi connectivity index (χ3n) is 9.14. The number of piperidine rings is 1. The Labute approximate surface area is 249 Å². The van der Waals surface area contributed by atoms with Crippen molar-refractivity contribution in [1.29, 1.82) is 0 Å². The van der Waals surface area contributed by atoms with Gasteiger partial charge in [-0.1, -0.05) is 67.6 Å². The Morgan fingerprint density at radius 3 is 2.57 bits per heavy atom. The van der Waals surface area contributed by atoms with Crippen LogP contribution in [0, 0.1) is 11.3 Å². The van der Waals surface area contributed by atoms with Crippen LogP contribution in [0.4, 0.5) is 5.69 Å². The van der Waals surface area contributed by atoms with Crippen LogP contribution in [0.25, 0.3) is 0 Å². The van der Waals surface area contributed by atoms with Crippen molar-refractivity contribution in [3.8, 4) is 0 Å². The third-order valence-corrected chi connectivity index (χ3v) is 9.14. The summed E-state index contributed by atoms with van der Waals surface area (Å²) < 4.78 is 5.60. The molecule has 8 heteroatoms. The first-order valence-electron chi connectivity index (χ1n) is 15.4. The zero-order valence-electron chi connectivity index (χ0n) is 24.6. The largest absolute Gasteiger partial charge is 0.381 e. The number of rotatable bonds is 6. The Morgan fingerprint density at radius 2 is 1.79 bits per heavy atom. The van der Waals surface area contributed by atoms with E-state index in [4.69, 9.17) is 4.74 Å². The fraction of sp³-hybridized carbons (Fsp3) is 0.500. The van der Waals surface area contributed by atoms with E-state index in [-0.39, 0.29) is 29.7 Å². The molecule has 224 valence electrons. The number of amides is 3. The van der Waals surface area contributed by atoms with Crippen LogP contribution in [-0.4, -0.2) is 67.6 Å². The first kappa shape index (κ1) is 30.0. The lowest BCUT2D eigenvalue weighted by Gasteiger charge is -2.40. The molecule has 0 radical (unpaired) electrons. The van der Waals surface area contributed by atoms with E-state index in [9.17, 15) is 14.4 Å². The molecule has 5 rings (SSSR count). The van der Waals surface area contributed by atoms with Crippen LogP contribution < -0.4 is 16.0 Å². The van der Waals surface area contributed by atoms with Crippen LogP contribution in [0.1, 0.15) is 50.2 Å². The molecule has 2 aromatic carbocycles. The number of carbonyl (C=O) groups excluding carboxylic acids is 3. The molecule has 3 heterocycles. The number of carbonyl (C=O) groups is 3. The van der Waals surface area contributed by atoms with Crippen LogP contribution in [0.3, 0.4) is 0 Å². The van der Waals surface area contributed by atoms with Crippen LogP contribution in [0.15, 0.2) is 66.7 Å². The highest BCUT2D eigenvalue weighted by molar-refractivity contribution is 5.93. The summed E-state index contributed by atoms with van der Waals surface area (Å²) in [5.74, 6) is -0.0625. The number of hydrogen-bond donors (Lipinski definition) is 3. The Balaban J connectivity index is 1.31. The highest BCUT2D eigenvalue weighted by atomic mass is 16.5. The minimum Gasteiger partial charge on any atom is -0.381 e. The van der Waals surface area contributed by atoms with Gasteiger partial charge in [-0.15, -0.1) is 0 Å². The minimum atomic E-state index is -0.661. The molecule has 0 unspecified atom stereocenters. The van der Waals surface area contributed by atoms with Crippen LogP contribution in [0.2, 0.25) is 0 Å². The van der Waals surface area contributed by atoms with E-state index in [1.807, 2.05) is 54.6 Å². The smallest absolute Gasteiger partial charge is 0.243 e. The van der Waals surface area contributed by atoms with Gasteiger partial charge >= 0.3 is 0 Å². The van der Waals surface area contributed by atoms with Crippen LogP contribution in [-0.2, 0) is 32.0 Å². The van der Waals surface area contributed by atoms with Gasteiger partial charge in [-0.3, -0.25) is 19.3 Å². The summed E-state index contributed by atoms with van der Waals surface area (Å²) in [6.07, 6.45) is 9.03. The SMILES string of the molecule is CCc1ccccc1NC(=O)CN1CC[C@@H]2NC(=O)[C@@H](Cc3ccccc3)NC(=O)C3(CC=CC[C@@H]2C1)CCOCC3. The molecule has 3 N–H and O–H groups in total. The summed E-state index contributed by atoms with van der Waals surface area (Å²) in [5, 5.41) is 9.56. The van der Waals surface area contributed by atoms with Crippen LogP contribution in [0.5, 0.6) is 0 Å². The molecule has 3 aliphatic heterocycles. The van der Waals surface area contributed by atoms with Crippen molar-refractivity contribution < 1.29 is 19.1 Å². The number of nitrogens with zero attached hydrogens (tertiary/aromatic N) is 1. The highest BCUT2D eigenvalue weighted by Crippen LogP contribution is 2.36.